The van der Waals surface area contributed by atoms with Crippen molar-refractivity contribution in [2.24, 2.45) is 5.92 Å². The Morgan fingerprint density at radius 1 is 1.25 bits per heavy atom. The van der Waals surface area contributed by atoms with Gasteiger partial charge in [-0.25, -0.2) is 13.1 Å². The van der Waals surface area contributed by atoms with Crippen molar-refractivity contribution in [2.75, 3.05) is 13.2 Å². The van der Waals surface area contributed by atoms with Gasteiger partial charge in [0.05, 0.1) is 11.5 Å². The quantitative estimate of drug-likeness (QED) is 0.767. The van der Waals surface area contributed by atoms with E-state index in [2.05, 4.69) is 4.72 Å². The highest BCUT2D eigenvalue weighted by atomic mass is 32.2. The minimum atomic E-state index is -3.58. The van der Waals surface area contributed by atoms with Crippen molar-refractivity contribution in [2.45, 2.75) is 38.1 Å². The lowest BCUT2D eigenvalue weighted by molar-refractivity contribution is 0.256. The number of nitrogens with one attached hydrogen (secondary N) is 1. The molecule has 0 aliphatic carbocycles. The fourth-order valence-electron chi connectivity index (χ4n) is 1.82. The lowest BCUT2D eigenvalue weighted by Crippen LogP contribution is -2.39. The zero-order valence-corrected chi connectivity index (χ0v) is 13.0. The second kappa shape index (κ2) is 7.61. The van der Waals surface area contributed by atoms with Crippen LogP contribution in [0.4, 0.5) is 0 Å². The lowest BCUT2D eigenvalue weighted by Gasteiger charge is -2.21. The van der Waals surface area contributed by atoms with E-state index in [-0.39, 0.29) is 23.5 Å². The SMILES string of the molecule is CCOc1ccc(S(=O)(=O)NC(CCO)C(C)C)cc1. The number of aliphatic hydroxyl groups is 1. The summed E-state index contributed by atoms with van der Waals surface area (Å²) in [5, 5.41) is 9.00. The van der Waals surface area contributed by atoms with Crippen molar-refractivity contribution >= 4 is 10.0 Å². The Bertz CT molecular complexity index is 496. The summed E-state index contributed by atoms with van der Waals surface area (Å²) in [6.45, 7) is 6.20. The van der Waals surface area contributed by atoms with Gasteiger partial charge in [-0.05, 0) is 43.5 Å². The van der Waals surface area contributed by atoms with Crippen LogP contribution in [0.1, 0.15) is 27.2 Å². The summed E-state index contributed by atoms with van der Waals surface area (Å²) < 4.78 is 32.4. The van der Waals surface area contributed by atoms with Gasteiger partial charge >= 0.3 is 0 Å². The van der Waals surface area contributed by atoms with Crippen LogP contribution in [-0.2, 0) is 10.0 Å². The minimum Gasteiger partial charge on any atom is -0.494 e. The first kappa shape index (κ1) is 16.9. The molecule has 0 saturated heterocycles. The first-order valence-corrected chi connectivity index (χ1v) is 8.25. The van der Waals surface area contributed by atoms with Gasteiger partial charge in [0.15, 0.2) is 0 Å². The van der Waals surface area contributed by atoms with Crippen LogP contribution < -0.4 is 9.46 Å². The molecule has 0 heterocycles. The molecule has 5 nitrogen and oxygen atoms in total. The van der Waals surface area contributed by atoms with Crippen molar-refractivity contribution in [3.8, 4) is 5.75 Å². The molecule has 1 rings (SSSR count). The molecule has 6 heteroatoms. The second-order valence-corrected chi connectivity index (χ2v) is 6.60. The van der Waals surface area contributed by atoms with Crippen LogP contribution in [0.3, 0.4) is 0 Å². The van der Waals surface area contributed by atoms with Crippen molar-refractivity contribution in [1.29, 1.82) is 0 Å². The zero-order chi connectivity index (χ0) is 15.2. The molecule has 0 aromatic heterocycles. The van der Waals surface area contributed by atoms with E-state index in [0.717, 1.165) is 0 Å². The molecular weight excluding hydrogens is 278 g/mol. The van der Waals surface area contributed by atoms with E-state index in [4.69, 9.17) is 9.84 Å². The highest BCUT2D eigenvalue weighted by molar-refractivity contribution is 7.89. The largest absolute Gasteiger partial charge is 0.494 e. The van der Waals surface area contributed by atoms with E-state index in [0.29, 0.717) is 18.8 Å². The highest BCUT2D eigenvalue weighted by Crippen LogP contribution is 2.17. The zero-order valence-electron chi connectivity index (χ0n) is 12.2. The first-order valence-electron chi connectivity index (χ1n) is 6.76. The second-order valence-electron chi connectivity index (χ2n) is 4.89. The molecule has 0 fully saturated rings. The van der Waals surface area contributed by atoms with Gasteiger partial charge in [0, 0.05) is 12.6 Å². The summed E-state index contributed by atoms with van der Waals surface area (Å²) in [7, 11) is -3.58. The van der Waals surface area contributed by atoms with Gasteiger partial charge in [0.25, 0.3) is 0 Å². The maximum Gasteiger partial charge on any atom is 0.240 e. The van der Waals surface area contributed by atoms with Gasteiger partial charge in [0.2, 0.25) is 10.0 Å². The summed E-state index contributed by atoms with van der Waals surface area (Å²) in [6.07, 6.45) is 0.397. The predicted molar refractivity (Wildman–Crippen MR) is 78.3 cm³/mol. The molecule has 0 aliphatic heterocycles. The third-order valence-corrected chi connectivity index (χ3v) is 4.50. The van der Waals surface area contributed by atoms with Gasteiger partial charge in [-0.2, -0.15) is 0 Å². The molecular formula is C14H23NO4S. The Morgan fingerprint density at radius 3 is 2.30 bits per heavy atom. The average molecular weight is 301 g/mol. The summed E-state index contributed by atoms with van der Waals surface area (Å²) >= 11 is 0. The molecule has 1 atom stereocenters. The van der Waals surface area contributed by atoms with Crippen LogP contribution in [0.2, 0.25) is 0 Å². The molecule has 0 spiro atoms. The number of sulfonamides is 1. The normalized spacial score (nSPS) is 13.4. The van der Waals surface area contributed by atoms with E-state index in [9.17, 15) is 8.42 Å². The lowest BCUT2D eigenvalue weighted by atomic mass is 10.0. The molecule has 2 N–H and O–H groups in total. The number of ether oxygens (including phenoxy) is 1. The molecule has 114 valence electrons. The van der Waals surface area contributed by atoms with Crippen LogP contribution >= 0.6 is 0 Å². The van der Waals surface area contributed by atoms with Gasteiger partial charge in [0.1, 0.15) is 5.75 Å². The maximum atomic E-state index is 12.3. The van der Waals surface area contributed by atoms with Crippen molar-refractivity contribution in [3.05, 3.63) is 24.3 Å². The number of rotatable bonds is 8. The molecule has 0 amide bonds. The standard InChI is InChI=1S/C14H23NO4S/c1-4-19-12-5-7-13(8-6-12)20(17,18)15-14(9-10-16)11(2)3/h5-8,11,14-16H,4,9-10H2,1-3H3. The minimum absolute atomic E-state index is 0.0470. The summed E-state index contributed by atoms with van der Waals surface area (Å²) in [5.74, 6) is 0.752. The Hall–Kier alpha value is -1.11. The molecule has 0 aliphatic rings. The fourth-order valence-corrected chi connectivity index (χ4v) is 3.24. The molecule has 0 bridgehead atoms. The number of aliphatic hydroxyl groups excluding tert-OH is 1. The smallest absolute Gasteiger partial charge is 0.240 e. The summed E-state index contributed by atoms with van der Waals surface area (Å²) in [4.78, 5) is 0.199. The van der Waals surface area contributed by atoms with Crippen molar-refractivity contribution in [1.82, 2.24) is 4.72 Å². The molecule has 1 unspecified atom stereocenters. The Balaban J connectivity index is 2.86. The maximum absolute atomic E-state index is 12.3. The molecule has 0 saturated carbocycles. The molecule has 1 aromatic carbocycles. The predicted octanol–water partition coefficient (Wildman–Crippen LogP) is 1.77. The fraction of sp³-hybridized carbons (Fsp3) is 0.571. The van der Waals surface area contributed by atoms with E-state index in [1.54, 1.807) is 12.1 Å². The van der Waals surface area contributed by atoms with E-state index in [1.165, 1.54) is 12.1 Å². The summed E-state index contributed by atoms with van der Waals surface area (Å²) in [5.41, 5.74) is 0. The Morgan fingerprint density at radius 2 is 1.85 bits per heavy atom. The van der Waals surface area contributed by atoms with Crippen molar-refractivity contribution < 1.29 is 18.3 Å². The Labute approximate surface area is 121 Å². The number of hydrogen-bond donors (Lipinski definition) is 2. The van der Waals surface area contributed by atoms with Gasteiger partial charge in [-0.1, -0.05) is 13.8 Å². The average Bonchev–Trinajstić information content (AvgIpc) is 2.39. The first-order chi connectivity index (χ1) is 9.40. The number of hydrogen-bond acceptors (Lipinski definition) is 4. The molecule has 0 radical (unpaired) electrons. The van der Waals surface area contributed by atoms with Crippen LogP contribution in [0, 0.1) is 5.92 Å². The van der Waals surface area contributed by atoms with E-state index >= 15 is 0 Å². The van der Waals surface area contributed by atoms with Crippen LogP contribution in [0.5, 0.6) is 5.75 Å². The number of benzene rings is 1. The molecule has 20 heavy (non-hydrogen) atoms. The van der Waals surface area contributed by atoms with Gasteiger partial charge < -0.3 is 9.84 Å². The van der Waals surface area contributed by atoms with Crippen LogP contribution in [-0.4, -0.2) is 32.8 Å². The molecule has 1 aromatic rings. The van der Waals surface area contributed by atoms with E-state index < -0.39 is 10.0 Å². The topological polar surface area (TPSA) is 75.6 Å². The third kappa shape index (κ3) is 4.77. The summed E-state index contributed by atoms with van der Waals surface area (Å²) in [6, 6.07) is 6.02. The van der Waals surface area contributed by atoms with E-state index in [1.807, 2.05) is 20.8 Å². The monoisotopic (exact) mass is 301 g/mol. The van der Waals surface area contributed by atoms with Crippen molar-refractivity contribution in [3.63, 3.8) is 0 Å². The third-order valence-electron chi connectivity index (χ3n) is 3.00. The van der Waals surface area contributed by atoms with Gasteiger partial charge in [-0.15, -0.1) is 0 Å². The van der Waals surface area contributed by atoms with Gasteiger partial charge in [-0.3, -0.25) is 0 Å². The Kier molecular flexibility index (Phi) is 6.45. The van der Waals surface area contributed by atoms with Crippen LogP contribution in [0.25, 0.3) is 0 Å². The highest BCUT2D eigenvalue weighted by Gasteiger charge is 2.22. The van der Waals surface area contributed by atoms with Crippen LogP contribution in [0.15, 0.2) is 29.2 Å².